The number of anilines is 2. The lowest BCUT2D eigenvalue weighted by molar-refractivity contribution is -0.117. The highest BCUT2D eigenvalue weighted by atomic mass is 35.5. The molecule has 1 aliphatic heterocycles. The molecule has 9 heteroatoms. The lowest BCUT2D eigenvalue weighted by atomic mass is 10.1. The summed E-state index contributed by atoms with van der Waals surface area (Å²) in [5.41, 5.74) is 1.69. The first-order chi connectivity index (χ1) is 16.4. The molecule has 34 heavy (non-hydrogen) atoms. The summed E-state index contributed by atoms with van der Waals surface area (Å²) in [7, 11) is 0. The van der Waals surface area contributed by atoms with Crippen molar-refractivity contribution in [3.05, 3.63) is 104 Å². The van der Waals surface area contributed by atoms with Crippen LogP contribution in [0.2, 0.25) is 15.1 Å². The van der Waals surface area contributed by atoms with Crippen LogP contribution in [0.25, 0.3) is 0 Å². The molecule has 1 aliphatic rings. The van der Waals surface area contributed by atoms with Gasteiger partial charge in [-0.05, 0) is 72.6 Å². The second-order valence-corrected chi connectivity index (χ2v) is 9.84. The third-order valence-corrected chi connectivity index (χ3v) is 7.00. The van der Waals surface area contributed by atoms with E-state index in [-0.39, 0.29) is 16.5 Å². The molecule has 170 valence electrons. The molecule has 3 aromatic carbocycles. The number of carbonyl (C=O) groups excluding carboxylic acids is 2. The van der Waals surface area contributed by atoms with Crippen LogP contribution in [0.5, 0.6) is 0 Å². The molecule has 1 unspecified atom stereocenters. The number of rotatable bonds is 5. The smallest absolute Gasteiger partial charge is 0.269 e. The first-order valence-electron chi connectivity index (χ1n) is 10.1. The Morgan fingerprint density at radius 2 is 1.62 bits per heavy atom. The van der Waals surface area contributed by atoms with Crippen LogP contribution in [0, 0.1) is 11.3 Å². The van der Waals surface area contributed by atoms with Crippen molar-refractivity contribution >= 4 is 69.8 Å². The maximum atomic E-state index is 13.5. The SMILES string of the molecule is N#CC(C(=O)Nc1ccc(Cl)cc1)=C1SC(Cc2cccc(Cl)c2)C(=O)N1c1ccc(Cl)cc1. The van der Waals surface area contributed by atoms with Crippen LogP contribution < -0.4 is 10.2 Å². The highest BCUT2D eigenvalue weighted by molar-refractivity contribution is 8.05. The maximum absolute atomic E-state index is 13.5. The molecule has 0 aromatic heterocycles. The van der Waals surface area contributed by atoms with Crippen LogP contribution in [0.3, 0.4) is 0 Å². The van der Waals surface area contributed by atoms with E-state index >= 15 is 0 Å². The van der Waals surface area contributed by atoms with Crippen LogP contribution in [-0.2, 0) is 16.0 Å². The Labute approximate surface area is 215 Å². The van der Waals surface area contributed by atoms with E-state index in [1.54, 1.807) is 60.7 Å². The Balaban J connectivity index is 1.72. The number of nitriles is 1. The van der Waals surface area contributed by atoms with Gasteiger partial charge in [0.25, 0.3) is 5.91 Å². The van der Waals surface area contributed by atoms with Gasteiger partial charge in [-0.15, -0.1) is 0 Å². The Hall–Kier alpha value is -2.95. The van der Waals surface area contributed by atoms with Crippen LogP contribution in [0.4, 0.5) is 11.4 Å². The molecule has 2 amide bonds. The largest absolute Gasteiger partial charge is 0.321 e. The van der Waals surface area contributed by atoms with Crippen molar-refractivity contribution in [3.63, 3.8) is 0 Å². The van der Waals surface area contributed by atoms with Crippen molar-refractivity contribution in [1.29, 1.82) is 5.26 Å². The van der Waals surface area contributed by atoms with Gasteiger partial charge < -0.3 is 5.32 Å². The Morgan fingerprint density at radius 3 is 2.24 bits per heavy atom. The van der Waals surface area contributed by atoms with E-state index in [0.29, 0.717) is 32.9 Å². The predicted octanol–water partition coefficient (Wildman–Crippen LogP) is 6.71. The normalized spacial score (nSPS) is 16.8. The first kappa shape index (κ1) is 24.2. The minimum absolute atomic E-state index is 0.170. The number of hydrogen-bond acceptors (Lipinski definition) is 4. The van der Waals surface area contributed by atoms with Crippen molar-refractivity contribution in [2.24, 2.45) is 0 Å². The van der Waals surface area contributed by atoms with Gasteiger partial charge in [-0.1, -0.05) is 58.7 Å². The van der Waals surface area contributed by atoms with Crippen molar-refractivity contribution in [2.75, 3.05) is 10.2 Å². The Morgan fingerprint density at radius 1 is 0.971 bits per heavy atom. The number of amides is 2. The molecule has 1 saturated heterocycles. The van der Waals surface area contributed by atoms with Gasteiger partial charge in [0.05, 0.1) is 5.25 Å². The summed E-state index contributed by atoms with van der Waals surface area (Å²) in [6.45, 7) is 0. The summed E-state index contributed by atoms with van der Waals surface area (Å²) in [4.78, 5) is 27.9. The van der Waals surface area contributed by atoms with E-state index in [4.69, 9.17) is 34.8 Å². The zero-order valence-corrected chi connectivity index (χ0v) is 20.6. The van der Waals surface area contributed by atoms with Crippen molar-refractivity contribution < 1.29 is 9.59 Å². The molecule has 0 aliphatic carbocycles. The Bertz CT molecular complexity index is 1320. The molecule has 0 bridgehead atoms. The van der Waals surface area contributed by atoms with Gasteiger partial charge in [-0.2, -0.15) is 5.26 Å². The topological polar surface area (TPSA) is 73.2 Å². The summed E-state index contributed by atoms with van der Waals surface area (Å²) in [5, 5.41) is 13.9. The third kappa shape index (κ3) is 5.40. The molecule has 4 rings (SSSR count). The number of nitrogens with zero attached hydrogens (tertiary/aromatic N) is 2. The van der Waals surface area contributed by atoms with E-state index in [1.165, 1.54) is 16.7 Å². The summed E-state index contributed by atoms with van der Waals surface area (Å²) in [6, 6.07) is 22.4. The third-order valence-electron chi connectivity index (χ3n) is 5.00. The van der Waals surface area contributed by atoms with E-state index in [2.05, 4.69) is 5.32 Å². The standard InChI is InChI=1S/C25H16Cl3N3O2S/c26-16-4-8-19(9-5-16)30-23(32)21(14-29)25-31(20-10-6-17(27)7-11-20)24(33)22(34-25)13-15-2-1-3-18(28)12-15/h1-12,22H,13H2,(H,30,32). The molecule has 1 N–H and O–H groups in total. The molecular weight excluding hydrogens is 513 g/mol. The van der Waals surface area contributed by atoms with Crippen molar-refractivity contribution in [2.45, 2.75) is 11.7 Å². The fourth-order valence-corrected chi connectivity index (χ4v) is 5.19. The highest BCUT2D eigenvalue weighted by Gasteiger charge is 2.40. The van der Waals surface area contributed by atoms with E-state index in [0.717, 1.165) is 5.56 Å². The summed E-state index contributed by atoms with van der Waals surface area (Å²) in [6.07, 6.45) is 0.384. The molecule has 1 fully saturated rings. The summed E-state index contributed by atoms with van der Waals surface area (Å²) in [5.74, 6) is -0.864. The van der Waals surface area contributed by atoms with Gasteiger partial charge in [0, 0.05) is 26.4 Å². The summed E-state index contributed by atoms with van der Waals surface area (Å²) >= 11 is 19.2. The number of benzene rings is 3. The number of hydrogen-bond donors (Lipinski definition) is 1. The van der Waals surface area contributed by atoms with Gasteiger partial charge in [-0.25, -0.2) is 0 Å². The quantitative estimate of drug-likeness (QED) is 0.295. The first-order valence-corrected chi connectivity index (χ1v) is 12.1. The molecule has 3 aromatic rings. The average molecular weight is 529 g/mol. The minimum Gasteiger partial charge on any atom is -0.321 e. The number of nitrogens with one attached hydrogen (secondary N) is 1. The van der Waals surface area contributed by atoms with Crippen molar-refractivity contribution in [1.82, 2.24) is 0 Å². The molecule has 1 atom stereocenters. The van der Waals surface area contributed by atoms with E-state index in [1.807, 2.05) is 18.2 Å². The molecule has 5 nitrogen and oxygen atoms in total. The van der Waals surface area contributed by atoms with Crippen LogP contribution in [0.15, 0.2) is 83.4 Å². The number of carbonyl (C=O) groups is 2. The van der Waals surface area contributed by atoms with Gasteiger partial charge in [-0.3, -0.25) is 14.5 Å². The second kappa shape index (κ2) is 10.5. The van der Waals surface area contributed by atoms with Crippen LogP contribution in [-0.4, -0.2) is 17.1 Å². The monoisotopic (exact) mass is 527 g/mol. The lowest BCUT2D eigenvalue weighted by Gasteiger charge is -2.19. The zero-order chi connectivity index (χ0) is 24.2. The zero-order valence-electron chi connectivity index (χ0n) is 17.5. The molecular formula is C25H16Cl3N3O2S. The number of thioether (sulfide) groups is 1. The molecule has 0 spiro atoms. The minimum atomic E-state index is -0.623. The lowest BCUT2D eigenvalue weighted by Crippen LogP contribution is -2.30. The average Bonchev–Trinajstić information content (AvgIpc) is 3.12. The van der Waals surface area contributed by atoms with E-state index < -0.39 is 11.2 Å². The maximum Gasteiger partial charge on any atom is 0.269 e. The van der Waals surface area contributed by atoms with Gasteiger partial charge in [0.1, 0.15) is 16.7 Å². The fraction of sp³-hybridized carbons (Fsp3) is 0.0800. The summed E-state index contributed by atoms with van der Waals surface area (Å²) < 4.78 is 0. The molecule has 1 heterocycles. The highest BCUT2D eigenvalue weighted by Crippen LogP contribution is 2.42. The number of halogens is 3. The second-order valence-electron chi connectivity index (χ2n) is 7.34. The van der Waals surface area contributed by atoms with Gasteiger partial charge in [0.2, 0.25) is 5.91 Å². The van der Waals surface area contributed by atoms with Crippen LogP contribution in [0.1, 0.15) is 5.56 Å². The van der Waals surface area contributed by atoms with Crippen molar-refractivity contribution in [3.8, 4) is 6.07 Å². The molecule has 0 saturated carbocycles. The fourth-order valence-electron chi connectivity index (χ4n) is 3.42. The predicted molar refractivity (Wildman–Crippen MR) is 138 cm³/mol. The van der Waals surface area contributed by atoms with E-state index in [9.17, 15) is 14.9 Å². The Kier molecular flexibility index (Phi) is 7.50. The van der Waals surface area contributed by atoms with Gasteiger partial charge in [0.15, 0.2) is 0 Å². The van der Waals surface area contributed by atoms with Gasteiger partial charge >= 0.3 is 0 Å². The van der Waals surface area contributed by atoms with Crippen LogP contribution >= 0.6 is 46.6 Å². The molecule has 0 radical (unpaired) electrons.